The molecule has 2 aromatic heterocycles. The van der Waals surface area contributed by atoms with Crippen molar-refractivity contribution in [3.05, 3.63) is 56.9 Å². The van der Waals surface area contributed by atoms with E-state index in [1.807, 2.05) is 32.9 Å². The largest absolute Gasteiger partial charge is 0.485 e. The van der Waals surface area contributed by atoms with Crippen LogP contribution in [0.4, 0.5) is 0 Å². The number of nitrogens with zero attached hydrogens (tertiary/aromatic N) is 2. The number of carbonyl (C=O) groups excluding carboxylic acids is 1. The molecule has 33 heavy (non-hydrogen) atoms. The van der Waals surface area contributed by atoms with Gasteiger partial charge in [-0.25, -0.2) is 9.78 Å². The summed E-state index contributed by atoms with van der Waals surface area (Å²) in [5, 5.41) is 12.4. The number of hydrogen-bond acceptors (Lipinski definition) is 6. The van der Waals surface area contributed by atoms with E-state index in [1.165, 1.54) is 0 Å². The van der Waals surface area contributed by atoms with E-state index in [0.29, 0.717) is 23.7 Å². The fourth-order valence-corrected chi connectivity index (χ4v) is 4.88. The summed E-state index contributed by atoms with van der Waals surface area (Å²) < 4.78 is 13.3. The van der Waals surface area contributed by atoms with Crippen molar-refractivity contribution in [2.24, 2.45) is 0 Å². The molecule has 7 nitrogen and oxygen atoms in total. The maximum Gasteiger partial charge on any atom is 0.343 e. The van der Waals surface area contributed by atoms with Crippen molar-refractivity contribution in [3.63, 3.8) is 0 Å². The van der Waals surface area contributed by atoms with Crippen molar-refractivity contribution < 1.29 is 19.4 Å². The molecule has 1 atom stereocenters. The van der Waals surface area contributed by atoms with Crippen molar-refractivity contribution in [3.8, 4) is 17.1 Å². The number of aryl methyl sites for hydroxylation is 1. The maximum absolute atomic E-state index is 13.6. The summed E-state index contributed by atoms with van der Waals surface area (Å²) in [4.78, 5) is 31.3. The number of ether oxygens (including phenoxy) is 2. The molecule has 4 heterocycles. The number of benzene rings is 1. The molecule has 0 aliphatic carbocycles. The van der Waals surface area contributed by atoms with Crippen molar-refractivity contribution in [1.29, 1.82) is 0 Å². The van der Waals surface area contributed by atoms with Gasteiger partial charge in [0.25, 0.3) is 5.56 Å². The highest BCUT2D eigenvalue weighted by Crippen LogP contribution is 2.47. The van der Waals surface area contributed by atoms with Crippen molar-refractivity contribution in [2.75, 3.05) is 0 Å². The van der Waals surface area contributed by atoms with E-state index in [0.717, 1.165) is 28.5 Å². The zero-order valence-electron chi connectivity index (χ0n) is 19.6. The summed E-state index contributed by atoms with van der Waals surface area (Å²) in [5.41, 5.74) is 1.63. The first-order valence-electron chi connectivity index (χ1n) is 11.4. The number of hydrogen-bond donors (Lipinski definition) is 1. The number of rotatable bonds is 3. The minimum atomic E-state index is -1.96. The number of para-hydroxylation sites is 1. The molecule has 0 saturated heterocycles. The fourth-order valence-electron chi connectivity index (χ4n) is 4.88. The van der Waals surface area contributed by atoms with E-state index in [1.54, 1.807) is 11.5 Å². The Bertz CT molecular complexity index is 1380. The highest BCUT2D eigenvalue weighted by atomic mass is 16.6. The molecular formula is C26H28N2O5. The summed E-state index contributed by atoms with van der Waals surface area (Å²) in [6.07, 6.45) is 0.882. The van der Waals surface area contributed by atoms with Crippen LogP contribution in [0.1, 0.15) is 63.3 Å². The molecule has 0 bridgehead atoms. The van der Waals surface area contributed by atoms with E-state index in [9.17, 15) is 14.7 Å². The van der Waals surface area contributed by atoms with E-state index in [2.05, 4.69) is 19.1 Å². The van der Waals surface area contributed by atoms with Crippen LogP contribution in [0.3, 0.4) is 0 Å². The Labute approximate surface area is 192 Å². The van der Waals surface area contributed by atoms with Gasteiger partial charge in [0.1, 0.15) is 17.9 Å². The Morgan fingerprint density at radius 2 is 2.00 bits per heavy atom. The van der Waals surface area contributed by atoms with Crippen molar-refractivity contribution in [1.82, 2.24) is 9.55 Å². The topological polar surface area (TPSA) is 90.6 Å². The van der Waals surface area contributed by atoms with Crippen LogP contribution >= 0.6 is 0 Å². The van der Waals surface area contributed by atoms with Crippen molar-refractivity contribution >= 4 is 16.9 Å². The SMILES string of the molecule is CCc1cccc2cc3c(nc12)-c1c(OC(C)(C)C)c2c(c(=O)n1C3)COC(=O)[C@]2(O)CC. The molecule has 1 N–H and O–H groups in total. The quantitative estimate of drug-likeness (QED) is 0.479. The highest BCUT2D eigenvalue weighted by Gasteiger charge is 2.49. The van der Waals surface area contributed by atoms with Gasteiger partial charge in [0.15, 0.2) is 11.4 Å². The van der Waals surface area contributed by atoms with Crippen LogP contribution in [0, 0.1) is 0 Å². The van der Waals surface area contributed by atoms with Crippen LogP contribution in [0.25, 0.3) is 22.3 Å². The minimum Gasteiger partial charge on any atom is -0.485 e. The van der Waals surface area contributed by atoms with E-state index in [4.69, 9.17) is 14.5 Å². The van der Waals surface area contributed by atoms with E-state index < -0.39 is 17.2 Å². The molecule has 2 aliphatic heterocycles. The lowest BCUT2D eigenvalue weighted by Crippen LogP contribution is -2.45. The Morgan fingerprint density at radius 1 is 1.24 bits per heavy atom. The second kappa shape index (κ2) is 7.15. The maximum atomic E-state index is 13.6. The van der Waals surface area contributed by atoms with Gasteiger partial charge in [-0.3, -0.25) is 9.36 Å². The molecule has 7 heteroatoms. The van der Waals surface area contributed by atoms with Crippen LogP contribution in [-0.2, 0) is 34.7 Å². The molecule has 0 spiro atoms. The van der Waals surface area contributed by atoms with Gasteiger partial charge >= 0.3 is 5.97 Å². The third kappa shape index (κ3) is 3.09. The molecule has 5 rings (SSSR count). The number of pyridine rings is 2. The zero-order valence-corrected chi connectivity index (χ0v) is 19.6. The summed E-state index contributed by atoms with van der Waals surface area (Å²) in [6, 6.07) is 8.15. The molecule has 172 valence electrons. The van der Waals surface area contributed by atoms with Crippen LogP contribution in [0.5, 0.6) is 5.75 Å². The van der Waals surface area contributed by atoms with Crippen LogP contribution in [0.15, 0.2) is 29.1 Å². The van der Waals surface area contributed by atoms with Gasteiger partial charge in [-0.1, -0.05) is 32.0 Å². The molecule has 0 fully saturated rings. The lowest BCUT2D eigenvalue weighted by molar-refractivity contribution is -0.172. The molecular weight excluding hydrogens is 420 g/mol. The minimum absolute atomic E-state index is 0.0558. The smallest absolute Gasteiger partial charge is 0.343 e. The molecule has 3 aromatic rings. The average molecular weight is 449 g/mol. The van der Waals surface area contributed by atoms with Crippen LogP contribution in [0.2, 0.25) is 0 Å². The Morgan fingerprint density at radius 3 is 2.67 bits per heavy atom. The van der Waals surface area contributed by atoms with Gasteiger partial charge < -0.3 is 14.6 Å². The zero-order chi connectivity index (χ0) is 23.7. The summed E-state index contributed by atoms with van der Waals surface area (Å²) in [7, 11) is 0. The number of fused-ring (bicyclic) bond motifs is 5. The predicted molar refractivity (Wildman–Crippen MR) is 124 cm³/mol. The number of cyclic esters (lactones) is 1. The van der Waals surface area contributed by atoms with E-state index >= 15 is 0 Å². The van der Waals surface area contributed by atoms with Gasteiger partial charge in [-0.2, -0.15) is 0 Å². The molecule has 0 amide bonds. The number of aromatic nitrogens is 2. The lowest BCUT2D eigenvalue weighted by Gasteiger charge is -2.35. The monoisotopic (exact) mass is 448 g/mol. The van der Waals surface area contributed by atoms with E-state index in [-0.39, 0.29) is 29.7 Å². The van der Waals surface area contributed by atoms with Crippen LogP contribution < -0.4 is 10.3 Å². The Kier molecular flexibility index (Phi) is 4.69. The second-order valence-corrected chi connectivity index (χ2v) is 9.77. The molecule has 0 unspecified atom stereocenters. The molecule has 1 aromatic carbocycles. The third-order valence-electron chi connectivity index (χ3n) is 6.48. The molecule has 0 radical (unpaired) electrons. The normalized spacial score (nSPS) is 19.2. The first-order valence-corrected chi connectivity index (χ1v) is 11.4. The van der Waals surface area contributed by atoms with Crippen molar-refractivity contribution in [2.45, 2.75) is 71.8 Å². The molecule has 0 saturated carbocycles. The number of aliphatic hydroxyl groups is 1. The summed E-state index contributed by atoms with van der Waals surface area (Å²) >= 11 is 0. The van der Waals surface area contributed by atoms with Gasteiger partial charge in [0, 0.05) is 10.9 Å². The number of esters is 1. The first kappa shape index (κ1) is 21.6. The average Bonchev–Trinajstić information content (AvgIpc) is 3.14. The third-order valence-corrected chi connectivity index (χ3v) is 6.48. The summed E-state index contributed by atoms with van der Waals surface area (Å²) in [5.74, 6) is -0.434. The Balaban J connectivity index is 1.91. The standard InChI is InChI=1S/C26H28N2O5/c1-6-14-9-8-10-15-11-16-12-28-21(20(16)27-19(14)15)22(33-25(3,4)5)18-17(23(28)29)13-32-24(30)26(18,31)7-2/h8-11,31H,6-7,12-13H2,1-5H3/t26-/m0/s1. The predicted octanol–water partition coefficient (Wildman–Crippen LogP) is 3.82. The van der Waals surface area contributed by atoms with Gasteiger partial charge in [0.2, 0.25) is 0 Å². The van der Waals surface area contributed by atoms with Gasteiger partial charge in [0.05, 0.1) is 28.9 Å². The Hall–Kier alpha value is -3.19. The van der Waals surface area contributed by atoms with Gasteiger partial charge in [-0.05, 0) is 45.2 Å². The first-order chi connectivity index (χ1) is 15.6. The number of carbonyl (C=O) groups is 1. The fraction of sp³-hybridized carbons (Fsp3) is 0.423. The summed E-state index contributed by atoms with van der Waals surface area (Å²) in [6.45, 7) is 9.61. The van der Waals surface area contributed by atoms with Crippen LogP contribution in [-0.4, -0.2) is 26.2 Å². The second-order valence-electron chi connectivity index (χ2n) is 9.77. The lowest BCUT2D eigenvalue weighted by atomic mass is 9.84. The molecule has 2 aliphatic rings. The highest BCUT2D eigenvalue weighted by molar-refractivity contribution is 5.90. The van der Waals surface area contributed by atoms with Gasteiger partial charge in [-0.15, -0.1) is 0 Å².